The van der Waals surface area contributed by atoms with E-state index in [1.54, 1.807) is 42.5 Å². The summed E-state index contributed by atoms with van der Waals surface area (Å²) in [7, 11) is -4.06. The maximum Gasteiger partial charge on any atom is 1.00 e. The first kappa shape index (κ1) is 21.2. The van der Waals surface area contributed by atoms with Crippen molar-refractivity contribution in [1.82, 2.24) is 0 Å². The molecule has 0 fully saturated rings. The summed E-state index contributed by atoms with van der Waals surface area (Å²) in [6.45, 7) is 0. The van der Waals surface area contributed by atoms with Gasteiger partial charge < -0.3 is 16.0 Å². The topological polar surface area (TPSA) is 75.6 Å². The molecule has 4 aromatic rings. The minimum atomic E-state index is -4.06. The van der Waals surface area contributed by atoms with Crippen LogP contribution in [0, 0.1) is 0 Å². The van der Waals surface area contributed by atoms with E-state index < -0.39 is 10.1 Å². The fourth-order valence-corrected chi connectivity index (χ4v) is 3.86. The van der Waals surface area contributed by atoms with Gasteiger partial charge in [0.15, 0.2) is 0 Å². The van der Waals surface area contributed by atoms with E-state index in [1.165, 1.54) is 12.1 Å². The molecule has 0 saturated heterocycles. The van der Waals surface area contributed by atoms with E-state index in [0.29, 0.717) is 10.8 Å². The van der Waals surface area contributed by atoms with Crippen molar-refractivity contribution < 1.29 is 48.7 Å². The monoisotopic (exact) mass is 415 g/mol. The quantitative estimate of drug-likeness (QED) is 0.386. The van der Waals surface area contributed by atoms with E-state index in [4.69, 9.17) is 4.18 Å². The molecule has 7 heteroatoms. The molecule has 2 N–H and O–H groups in total. The molecule has 0 aromatic heterocycles. The third-order valence-electron chi connectivity index (χ3n) is 4.21. The Labute approximate surface area is 192 Å². The number of hydrogen-bond donors (Lipinski definition) is 2. The Morgan fingerprint density at radius 3 is 2.14 bits per heavy atom. The fraction of sp³-hybridized carbons (Fsp3) is 0. The van der Waals surface area contributed by atoms with Gasteiger partial charge in [-0.15, -0.1) is 0 Å². The molecule has 0 heterocycles. The van der Waals surface area contributed by atoms with Crippen LogP contribution in [-0.4, -0.2) is 13.5 Å². The van der Waals surface area contributed by atoms with Gasteiger partial charge in [0.2, 0.25) is 0 Å². The predicted octanol–water partition coefficient (Wildman–Crippen LogP) is 2.17. The van der Waals surface area contributed by atoms with Crippen LogP contribution in [0.15, 0.2) is 95.9 Å². The summed E-state index contributed by atoms with van der Waals surface area (Å²) in [5, 5.41) is 14.8. The molecule has 0 aliphatic carbocycles. The van der Waals surface area contributed by atoms with Gasteiger partial charge in [0.25, 0.3) is 0 Å². The summed E-state index contributed by atoms with van der Waals surface area (Å²) in [4.78, 5) is -0.106. The number of rotatable bonds is 5. The van der Waals surface area contributed by atoms with Crippen LogP contribution >= 0.6 is 0 Å². The summed E-state index contributed by atoms with van der Waals surface area (Å²) in [6.07, 6.45) is 0. The van der Waals surface area contributed by atoms with Gasteiger partial charge in [-0.25, -0.2) is 0 Å². The second kappa shape index (κ2) is 8.88. The molecule has 0 bridgehead atoms. The van der Waals surface area contributed by atoms with Crippen LogP contribution in [0.25, 0.3) is 10.8 Å². The van der Waals surface area contributed by atoms with Crippen molar-refractivity contribution in [2.45, 2.75) is 4.90 Å². The Morgan fingerprint density at radius 1 is 0.793 bits per heavy atom. The van der Waals surface area contributed by atoms with Crippen LogP contribution in [0.2, 0.25) is 0 Å². The number of aromatic hydroxyl groups is 1. The van der Waals surface area contributed by atoms with Crippen LogP contribution in [0.4, 0.5) is 11.4 Å². The average Bonchev–Trinajstić information content (AvgIpc) is 2.69. The van der Waals surface area contributed by atoms with E-state index in [-0.39, 0.29) is 47.4 Å². The van der Waals surface area contributed by atoms with Gasteiger partial charge in [-0.2, -0.15) is 8.42 Å². The maximum atomic E-state index is 12.6. The van der Waals surface area contributed by atoms with Crippen LogP contribution in [0.3, 0.4) is 0 Å². The van der Waals surface area contributed by atoms with Crippen LogP contribution in [-0.2, 0) is 10.1 Å². The van der Waals surface area contributed by atoms with E-state index in [2.05, 4.69) is 5.32 Å². The zero-order valence-electron chi connectivity index (χ0n) is 16.7. The van der Waals surface area contributed by atoms with Gasteiger partial charge in [0.05, 0.1) is 0 Å². The third kappa shape index (κ3) is 4.92. The Hall–Kier alpha value is -2.51. The molecule has 4 rings (SSSR count). The normalized spacial score (nSPS) is 10.9. The minimum absolute atomic E-state index is 0. The molecule has 0 radical (unpaired) electrons. The van der Waals surface area contributed by atoms with Crippen molar-refractivity contribution in [3.63, 3.8) is 0 Å². The molecule has 0 atom stereocenters. The van der Waals surface area contributed by atoms with Crippen molar-refractivity contribution in [3.05, 3.63) is 91.0 Å². The van der Waals surface area contributed by atoms with Crippen molar-refractivity contribution in [2.24, 2.45) is 0 Å². The number of phenolic OH excluding ortho intramolecular Hbond substituents is 1. The standard InChI is InChI=1S/C22H17NO4S.Na.H/c24-22-15-20(28(25,26)27-19-9-5-2-6-10-19)13-16-11-12-18(14-21(16)22)23-17-7-3-1-4-8-17;;/h1-15,23-24H;;/q;+1;-1. The first-order chi connectivity index (χ1) is 13.5. The maximum absolute atomic E-state index is 12.6. The second-order valence-corrected chi connectivity index (χ2v) is 7.77. The largest absolute Gasteiger partial charge is 1.00 e. The fourth-order valence-electron chi connectivity index (χ4n) is 2.87. The molecule has 0 aliphatic heterocycles. The molecule has 142 valence electrons. The number of fused-ring (bicyclic) bond motifs is 1. The van der Waals surface area contributed by atoms with Crippen molar-refractivity contribution in [3.8, 4) is 11.5 Å². The number of para-hydroxylation sites is 2. The molecule has 0 saturated carbocycles. The molecular weight excluding hydrogens is 397 g/mol. The van der Waals surface area contributed by atoms with Gasteiger partial charge in [0.1, 0.15) is 16.4 Å². The summed E-state index contributed by atoms with van der Waals surface area (Å²) < 4.78 is 30.3. The summed E-state index contributed by atoms with van der Waals surface area (Å²) in [6, 6.07) is 25.9. The number of benzene rings is 4. The van der Waals surface area contributed by atoms with Gasteiger partial charge in [0, 0.05) is 22.8 Å². The number of phenols is 1. The zero-order valence-corrected chi connectivity index (χ0v) is 18.6. The Morgan fingerprint density at radius 2 is 1.45 bits per heavy atom. The second-order valence-electron chi connectivity index (χ2n) is 6.22. The van der Waals surface area contributed by atoms with Crippen LogP contribution < -0.4 is 39.1 Å². The first-order valence-corrected chi connectivity index (χ1v) is 10.0. The smallest absolute Gasteiger partial charge is 1.00 e. The summed E-state index contributed by atoms with van der Waals surface area (Å²) >= 11 is 0. The van der Waals surface area contributed by atoms with E-state index in [1.807, 2.05) is 36.4 Å². The first-order valence-electron chi connectivity index (χ1n) is 8.60. The van der Waals surface area contributed by atoms with Gasteiger partial charge in [-0.3, -0.25) is 0 Å². The van der Waals surface area contributed by atoms with Gasteiger partial charge >= 0.3 is 39.7 Å². The van der Waals surface area contributed by atoms with E-state index in [0.717, 1.165) is 11.4 Å². The average molecular weight is 415 g/mol. The van der Waals surface area contributed by atoms with Gasteiger partial charge in [-0.1, -0.05) is 42.5 Å². The predicted molar refractivity (Wildman–Crippen MR) is 111 cm³/mol. The molecule has 29 heavy (non-hydrogen) atoms. The molecular formula is C22H18NNaO4S. The molecule has 0 amide bonds. The van der Waals surface area contributed by atoms with Crippen LogP contribution in [0.1, 0.15) is 1.43 Å². The summed E-state index contributed by atoms with van der Waals surface area (Å²) in [5.74, 6) is 0.0777. The van der Waals surface area contributed by atoms with Gasteiger partial charge in [-0.05, 0) is 47.9 Å². The Balaban J connectivity index is 0.00000160. The number of nitrogens with one attached hydrogen (secondary N) is 1. The van der Waals surface area contributed by atoms with E-state index >= 15 is 0 Å². The van der Waals surface area contributed by atoms with Crippen molar-refractivity contribution in [1.29, 1.82) is 0 Å². The Bertz CT molecular complexity index is 1240. The SMILES string of the molecule is O=S(=O)(Oc1ccccc1)c1cc(O)c2cc(Nc3ccccc3)ccc2c1.[H-].[Na+]. The molecule has 0 unspecified atom stereocenters. The Kier molecular flexibility index (Phi) is 6.49. The third-order valence-corrected chi connectivity index (χ3v) is 5.43. The molecule has 4 aromatic carbocycles. The van der Waals surface area contributed by atoms with Crippen molar-refractivity contribution >= 4 is 32.3 Å². The number of hydrogen-bond acceptors (Lipinski definition) is 5. The minimum Gasteiger partial charge on any atom is -1.00 e. The molecule has 5 nitrogen and oxygen atoms in total. The van der Waals surface area contributed by atoms with Crippen molar-refractivity contribution in [2.75, 3.05) is 5.32 Å². The number of anilines is 2. The van der Waals surface area contributed by atoms with E-state index in [9.17, 15) is 13.5 Å². The molecule has 0 aliphatic rings. The summed E-state index contributed by atoms with van der Waals surface area (Å²) in [5.41, 5.74) is 1.70. The molecule has 0 spiro atoms. The zero-order chi connectivity index (χ0) is 19.6. The van der Waals surface area contributed by atoms with Crippen LogP contribution in [0.5, 0.6) is 11.5 Å².